The number of hydrogen-bond acceptors (Lipinski definition) is 4. The van der Waals surface area contributed by atoms with Crippen molar-refractivity contribution in [2.24, 2.45) is 0 Å². The van der Waals surface area contributed by atoms with E-state index in [4.69, 9.17) is 16.3 Å². The van der Waals surface area contributed by atoms with Crippen LogP contribution in [0.1, 0.15) is 37.4 Å². The molecule has 2 heterocycles. The number of rotatable bonds is 4. The molecule has 25 heavy (non-hydrogen) atoms. The van der Waals surface area contributed by atoms with Gasteiger partial charge in [0.25, 0.3) is 0 Å². The lowest BCUT2D eigenvalue weighted by Crippen LogP contribution is -2.43. The minimum atomic E-state index is 0.295. The molecule has 1 aromatic heterocycles. The number of hydrogen-bond donors (Lipinski definition) is 1. The van der Waals surface area contributed by atoms with E-state index in [0.29, 0.717) is 11.1 Å². The zero-order chi connectivity index (χ0) is 17.1. The highest BCUT2D eigenvalue weighted by Crippen LogP contribution is 2.29. The van der Waals surface area contributed by atoms with E-state index in [0.717, 1.165) is 36.3 Å². The molecule has 2 fully saturated rings. The smallest absolute Gasteiger partial charge is 0.145 e. The van der Waals surface area contributed by atoms with Crippen molar-refractivity contribution in [3.63, 3.8) is 0 Å². The molecule has 132 valence electrons. The van der Waals surface area contributed by atoms with Gasteiger partial charge in [-0.25, -0.2) is 0 Å². The second-order valence-corrected chi connectivity index (χ2v) is 7.35. The summed E-state index contributed by atoms with van der Waals surface area (Å²) in [6.07, 6.45) is 7.10. The predicted octanol–water partition coefficient (Wildman–Crippen LogP) is 4.42. The maximum atomic E-state index is 6.00. The Kier molecular flexibility index (Phi) is 5.20. The van der Waals surface area contributed by atoms with Crippen molar-refractivity contribution in [2.45, 2.75) is 37.8 Å². The summed E-state index contributed by atoms with van der Waals surface area (Å²) in [5.74, 6) is 1.46. The monoisotopic (exact) mass is 357 g/mol. The van der Waals surface area contributed by atoms with Gasteiger partial charge < -0.3 is 10.1 Å². The van der Waals surface area contributed by atoms with Crippen LogP contribution in [0.2, 0.25) is 5.02 Å². The van der Waals surface area contributed by atoms with E-state index in [2.05, 4.69) is 21.3 Å². The summed E-state index contributed by atoms with van der Waals surface area (Å²) in [4.78, 5) is 7.30. The maximum absolute atomic E-state index is 6.00. The Balaban J connectivity index is 1.43. The van der Waals surface area contributed by atoms with Crippen LogP contribution in [0.15, 0.2) is 42.6 Å². The molecule has 1 atom stereocenters. The Morgan fingerprint density at radius 2 is 2.04 bits per heavy atom. The largest absolute Gasteiger partial charge is 0.456 e. The predicted molar refractivity (Wildman–Crippen MR) is 100 cm³/mol. The summed E-state index contributed by atoms with van der Waals surface area (Å²) in [7, 11) is 0. The number of halogens is 1. The first kappa shape index (κ1) is 16.8. The summed E-state index contributed by atoms with van der Waals surface area (Å²) < 4.78 is 5.83. The molecule has 1 aromatic carbocycles. The molecule has 0 bridgehead atoms. The first-order valence-corrected chi connectivity index (χ1v) is 9.52. The molecule has 1 saturated carbocycles. The molecule has 2 aliphatic rings. The fourth-order valence-corrected chi connectivity index (χ4v) is 3.74. The third-order valence-electron chi connectivity index (χ3n) is 5.17. The number of ether oxygens (including phenoxy) is 1. The van der Waals surface area contributed by atoms with Gasteiger partial charge in [-0.15, -0.1) is 0 Å². The zero-order valence-electron chi connectivity index (χ0n) is 14.3. The zero-order valence-corrected chi connectivity index (χ0v) is 15.1. The van der Waals surface area contributed by atoms with Crippen LogP contribution in [0.25, 0.3) is 0 Å². The summed E-state index contributed by atoms with van der Waals surface area (Å²) >= 11 is 6.00. The van der Waals surface area contributed by atoms with E-state index in [9.17, 15) is 0 Å². The van der Waals surface area contributed by atoms with Crippen LogP contribution in [0.4, 0.5) is 0 Å². The van der Waals surface area contributed by atoms with E-state index in [1.807, 2.05) is 24.3 Å². The molecule has 0 amide bonds. The molecule has 0 spiro atoms. The molecular formula is C20H24ClN3O. The van der Waals surface area contributed by atoms with E-state index in [1.165, 1.54) is 32.2 Å². The van der Waals surface area contributed by atoms with Crippen molar-refractivity contribution in [1.82, 2.24) is 15.2 Å². The molecular weight excluding hydrogens is 334 g/mol. The van der Waals surface area contributed by atoms with Crippen molar-refractivity contribution in [2.75, 3.05) is 19.6 Å². The first-order chi connectivity index (χ1) is 12.3. The normalized spacial score (nSPS) is 22.2. The average Bonchev–Trinajstić information content (AvgIpc) is 2.80. The van der Waals surface area contributed by atoms with Crippen molar-refractivity contribution >= 4 is 11.6 Å². The molecule has 1 N–H and O–H groups in total. The van der Waals surface area contributed by atoms with Crippen molar-refractivity contribution in [1.29, 1.82) is 0 Å². The van der Waals surface area contributed by atoms with Crippen LogP contribution in [-0.4, -0.2) is 35.6 Å². The van der Waals surface area contributed by atoms with Crippen LogP contribution in [0.3, 0.4) is 0 Å². The molecule has 1 saturated heterocycles. The van der Waals surface area contributed by atoms with Crippen molar-refractivity contribution in [3.05, 3.63) is 53.3 Å². The van der Waals surface area contributed by atoms with E-state index in [1.54, 1.807) is 12.3 Å². The summed E-state index contributed by atoms with van der Waals surface area (Å²) in [5.41, 5.74) is 1.09. The highest BCUT2D eigenvalue weighted by Gasteiger charge is 2.29. The SMILES string of the molecule is Clc1cccc(Oc2ccc(C3CN(C4CCC4)CCCN3)nc2)c1. The Labute approximate surface area is 154 Å². The van der Waals surface area contributed by atoms with Gasteiger partial charge >= 0.3 is 0 Å². The lowest BCUT2D eigenvalue weighted by molar-refractivity contribution is 0.125. The fourth-order valence-electron chi connectivity index (χ4n) is 3.56. The number of benzene rings is 1. The molecule has 2 aromatic rings. The fraction of sp³-hybridized carbons (Fsp3) is 0.450. The van der Waals surface area contributed by atoms with Gasteiger partial charge in [0.2, 0.25) is 0 Å². The molecule has 1 unspecified atom stereocenters. The van der Waals surface area contributed by atoms with Gasteiger partial charge in [0, 0.05) is 17.6 Å². The van der Waals surface area contributed by atoms with Crippen LogP contribution < -0.4 is 10.1 Å². The highest BCUT2D eigenvalue weighted by molar-refractivity contribution is 6.30. The number of nitrogens with one attached hydrogen (secondary N) is 1. The minimum Gasteiger partial charge on any atom is -0.456 e. The Hall–Kier alpha value is -1.62. The van der Waals surface area contributed by atoms with Gasteiger partial charge in [-0.3, -0.25) is 9.88 Å². The second-order valence-electron chi connectivity index (χ2n) is 6.92. The Morgan fingerprint density at radius 1 is 1.12 bits per heavy atom. The minimum absolute atomic E-state index is 0.295. The van der Waals surface area contributed by atoms with Crippen LogP contribution in [-0.2, 0) is 0 Å². The first-order valence-electron chi connectivity index (χ1n) is 9.15. The molecule has 1 aliphatic carbocycles. The number of aromatic nitrogens is 1. The van der Waals surface area contributed by atoms with Crippen molar-refractivity contribution < 1.29 is 4.74 Å². The van der Waals surface area contributed by atoms with Crippen molar-refractivity contribution in [3.8, 4) is 11.5 Å². The molecule has 4 rings (SSSR count). The van der Waals surface area contributed by atoms with Gasteiger partial charge in [-0.2, -0.15) is 0 Å². The molecule has 1 aliphatic heterocycles. The highest BCUT2D eigenvalue weighted by atomic mass is 35.5. The van der Waals surface area contributed by atoms with E-state index < -0.39 is 0 Å². The van der Waals surface area contributed by atoms with Gasteiger partial charge in [-0.1, -0.05) is 24.1 Å². The summed E-state index contributed by atoms with van der Waals surface area (Å²) in [5, 5.41) is 4.31. The molecule has 0 radical (unpaired) electrons. The van der Waals surface area contributed by atoms with Crippen LogP contribution >= 0.6 is 11.6 Å². The van der Waals surface area contributed by atoms with Crippen LogP contribution in [0.5, 0.6) is 11.5 Å². The van der Waals surface area contributed by atoms with Gasteiger partial charge in [0.15, 0.2) is 0 Å². The van der Waals surface area contributed by atoms with Gasteiger partial charge in [0.1, 0.15) is 11.5 Å². The third-order valence-corrected chi connectivity index (χ3v) is 5.40. The quantitative estimate of drug-likeness (QED) is 0.879. The summed E-state index contributed by atoms with van der Waals surface area (Å²) in [6, 6.07) is 12.6. The maximum Gasteiger partial charge on any atom is 0.145 e. The van der Waals surface area contributed by atoms with Gasteiger partial charge in [0.05, 0.1) is 17.9 Å². The van der Waals surface area contributed by atoms with E-state index >= 15 is 0 Å². The lowest BCUT2D eigenvalue weighted by Gasteiger charge is -2.38. The Morgan fingerprint density at radius 3 is 2.76 bits per heavy atom. The number of pyridine rings is 1. The van der Waals surface area contributed by atoms with E-state index in [-0.39, 0.29) is 0 Å². The van der Waals surface area contributed by atoms with Crippen LogP contribution in [0, 0.1) is 0 Å². The Bertz CT molecular complexity index is 702. The van der Waals surface area contributed by atoms with Gasteiger partial charge in [-0.05, 0) is 62.7 Å². The number of nitrogens with zero attached hydrogens (tertiary/aromatic N) is 2. The second kappa shape index (κ2) is 7.73. The topological polar surface area (TPSA) is 37.4 Å². The summed E-state index contributed by atoms with van der Waals surface area (Å²) in [6.45, 7) is 3.30. The lowest BCUT2D eigenvalue weighted by atomic mass is 9.91. The standard InChI is InChI=1S/C20H24ClN3O/c21-15-4-1-7-17(12-15)25-18-8-9-19(23-13-18)20-14-24(11-3-10-22-20)16-5-2-6-16/h1,4,7-9,12-13,16,20,22H,2-3,5-6,10-11,14H2. The third kappa shape index (κ3) is 4.14. The molecule has 4 nitrogen and oxygen atoms in total. The average molecular weight is 358 g/mol. The molecule has 5 heteroatoms.